The molecule has 0 aromatic heterocycles. The van der Waals surface area contributed by atoms with Crippen molar-refractivity contribution in [2.45, 2.75) is 24.5 Å². The van der Waals surface area contributed by atoms with Crippen molar-refractivity contribution in [3.8, 4) is 5.75 Å². The first-order valence-corrected chi connectivity index (χ1v) is 11.2. The van der Waals surface area contributed by atoms with E-state index in [0.717, 1.165) is 0 Å². The normalized spacial score (nSPS) is 27.2. The second-order valence-corrected chi connectivity index (χ2v) is 9.75. The molecule has 3 aliphatic rings. The zero-order valence-electron chi connectivity index (χ0n) is 20.6. The molecule has 4 rings (SSSR count). The molecule has 0 bridgehead atoms. The summed E-state index contributed by atoms with van der Waals surface area (Å²) >= 11 is 0. The fourth-order valence-corrected chi connectivity index (χ4v) is 5.88. The Bertz CT molecular complexity index is 1240. The van der Waals surface area contributed by atoms with E-state index in [0.29, 0.717) is 16.9 Å². The van der Waals surface area contributed by atoms with Gasteiger partial charge in [0.1, 0.15) is 22.8 Å². The van der Waals surface area contributed by atoms with E-state index < -0.39 is 58.0 Å². The molecule has 12 heteroatoms. The summed E-state index contributed by atoms with van der Waals surface area (Å²) in [5.74, 6) is -6.67. The molecule has 1 aromatic carbocycles. The molecule has 0 aliphatic heterocycles. The number of likely N-dealkylation sites (N-methyl/N-ethyl adjacent to an activating group) is 1. The third-order valence-electron chi connectivity index (χ3n) is 7.45. The van der Waals surface area contributed by atoms with Gasteiger partial charge in [0.2, 0.25) is 5.78 Å². The van der Waals surface area contributed by atoms with Gasteiger partial charge < -0.3 is 36.4 Å². The van der Waals surface area contributed by atoms with Crippen molar-refractivity contribution in [1.29, 1.82) is 0 Å². The smallest absolute Gasteiger partial charge is 0.255 e. The van der Waals surface area contributed by atoms with Crippen LogP contribution in [0.3, 0.4) is 0 Å². The average Bonchev–Trinajstić information content (AvgIpc) is 2.75. The Morgan fingerprint density at radius 3 is 2.28 bits per heavy atom. The van der Waals surface area contributed by atoms with Gasteiger partial charge in [-0.2, -0.15) is 0 Å². The molecule has 0 heterocycles. The largest absolute Gasteiger partial charge is 0.508 e. The highest BCUT2D eigenvalue weighted by atomic mass is 35.5. The maximum atomic E-state index is 13.8. The van der Waals surface area contributed by atoms with Crippen LogP contribution < -0.4 is 16.0 Å². The summed E-state index contributed by atoms with van der Waals surface area (Å²) in [4.78, 5) is 42.3. The molecule has 36 heavy (non-hydrogen) atoms. The van der Waals surface area contributed by atoms with Crippen LogP contribution in [0.2, 0.25) is 0 Å². The SMILES string of the molecule is CNc1cc(N(C)C)c2c(c1O)C(O)=C1C(=O)[C@]3(O)C(O)=C(C(N)=O)C(=O)[C@@H](N(C)C)[C@@H]3C[C@@H]1C2.Cl. The number of ketones is 2. The summed E-state index contributed by atoms with van der Waals surface area (Å²) < 4.78 is 0. The van der Waals surface area contributed by atoms with Gasteiger partial charge in [0.05, 0.1) is 17.3 Å². The van der Waals surface area contributed by atoms with E-state index in [1.165, 1.54) is 4.90 Å². The summed E-state index contributed by atoms with van der Waals surface area (Å²) in [6, 6.07) is 0.620. The molecule has 1 amide bonds. The van der Waals surface area contributed by atoms with Gasteiger partial charge in [-0.1, -0.05) is 0 Å². The van der Waals surface area contributed by atoms with Gasteiger partial charge in [0, 0.05) is 38.3 Å². The molecule has 4 atom stereocenters. The van der Waals surface area contributed by atoms with Crippen molar-refractivity contribution in [2.24, 2.45) is 17.6 Å². The number of nitrogens with two attached hydrogens (primary N) is 1. The van der Waals surface area contributed by atoms with Gasteiger partial charge >= 0.3 is 0 Å². The Hall–Kier alpha value is -3.28. The van der Waals surface area contributed by atoms with Crippen molar-refractivity contribution >= 4 is 47.0 Å². The number of Topliss-reactive ketones (excluding diaryl/α,β-unsaturated/α-hetero) is 2. The van der Waals surface area contributed by atoms with Gasteiger partial charge in [0.15, 0.2) is 11.4 Å². The summed E-state index contributed by atoms with van der Waals surface area (Å²) in [5.41, 5.74) is 3.38. The van der Waals surface area contributed by atoms with E-state index in [9.17, 15) is 34.8 Å². The second-order valence-electron chi connectivity index (χ2n) is 9.75. The number of aliphatic hydroxyl groups excluding tert-OH is 2. The molecule has 0 unspecified atom stereocenters. The number of nitrogens with one attached hydrogen (secondary N) is 1. The number of hydrogen-bond acceptors (Lipinski definition) is 10. The average molecular weight is 523 g/mol. The molecule has 7 N–H and O–H groups in total. The van der Waals surface area contributed by atoms with Crippen LogP contribution in [0.25, 0.3) is 5.76 Å². The summed E-state index contributed by atoms with van der Waals surface area (Å²) in [6.07, 6.45) is 0.285. The van der Waals surface area contributed by atoms with Crippen LogP contribution in [-0.2, 0) is 20.8 Å². The number of aliphatic hydroxyl groups is 3. The monoisotopic (exact) mass is 522 g/mol. The minimum atomic E-state index is -2.65. The zero-order valence-corrected chi connectivity index (χ0v) is 21.4. The molecule has 1 fully saturated rings. The maximum Gasteiger partial charge on any atom is 0.255 e. The molecule has 1 saturated carbocycles. The number of primary amides is 1. The van der Waals surface area contributed by atoms with E-state index in [4.69, 9.17) is 5.73 Å². The lowest BCUT2D eigenvalue weighted by Gasteiger charge is -2.50. The fraction of sp³-hybridized carbons (Fsp3) is 0.458. The highest BCUT2D eigenvalue weighted by molar-refractivity contribution is 6.24. The molecular weight excluding hydrogens is 492 g/mol. The summed E-state index contributed by atoms with van der Waals surface area (Å²) in [5, 5.41) is 47.5. The Morgan fingerprint density at radius 2 is 1.78 bits per heavy atom. The highest BCUT2D eigenvalue weighted by Crippen LogP contribution is 2.54. The minimum Gasteiger partial charge on any atom is -0.508 e. The maximum absolute atomic E-state index is 13.8. The molecule has 11 nitrogen and oxygen atoms in total. The number of phenols is 1. The van der Waals surface area contributed by atoms with Crippen molar-refractivity contribution in [1.82, 2.24) is 4.90 Å². The van der Waals surface area contributed by atoms with Crippen LogP contribution in [-0.4, -0.2) is 89.7 Å². The number of phenolic OH excluding ortho intramolecular Hbond substituents is 1. The summed E-state index contributed by atoms with van der Waals surface area (Å²) in [7, 11) is 8.35. The number of anilines is 2. The van der Waals surface area contributed by atoms with Gasteiger partial charge in [-0.25, -0.2) is 0 Å². The van der Waals surface area contributed by atoms with Crippen LogP contribution in [0.1, 0.15) is 17.5 Å². The Kier molecular flexibility index (Phi) is 6.82. The molecule has 0 spiro atoms. The highest BCUT2D eigenvalue weighted by Gasteiger charge is 2.64. The quantitative estimate of drug-likeness (QED) is 0.241. The van der Waals surface area contributed by atoms with Crippen LogP contribution in [0.15, 0.2) is 23.0 Å². The van der Waals surface area contributed by atoms with Crippen LogP contribution in [0, 0.1) is 11.8 Å². The number of carbonyl (C=O) groups is 3. The first kappa shape index (κ1) is 27.3. The molecule has 196 valence electrons. The number of rotatable bonds is 4. The standard InChI is InChI=1S/C24H30N4O7.ClH/c1-26-12-8-13(27(2)3)10-6-9-7-11-17(28(4)5)20(31)16(23(25)34)22(33)24(11,35)21(32)14(9)19(30)15(10)18(12)29;/h8-9,11,17,26,29-30,33,35H,6-7H2,1-5H3,(H2,25,34);1H/t9-,11-,17-,24-;/m0./s1. The van der Waals surface area contributed by atoms with E-state index in [2.05, 4.69) is 5.32 Å². The number of amides is 1. The number of carbonyl (C=O) groups excluding carboxylic acids is 3. The number of halogens is 1. The van der Waals surface area contributed by atoms with E-state index in [-0.39, 0.29) is 42.1 Å². The first-order valence-electron chi connectivity index (χ1n) is 11.2. The second kappa shape index (κ2) is 8.99. The molecule has 3 aliphatic carbocycles. The number of nitrogens with zero attached hydrogens (tertiary/aromatic N) is 2. The Balaban J connectivity index is 0.00000361. The number of aromatic hydroxyl groups is 1. The van der Waals surface area contributed by atoms with Crippen LogP contribution >= 0.6 is 12.4 Å². The predicted octanol–water partition coefficient (Wildman–Crippen LogP) is 0.493. The van der Waals surface area contributed by atoms with Crippen LogP contribution in [0.4, 0.5) is 11.4 Å². The fourth-order valence-electron chi connectivity index (χ4n) is 5.88. The Labute approximate surface area is 214 Å². The molecule has 1 aromatic rings. The van der Waals surface area contributed by atoms with E-state index in [1.54, 1.807) is 27.2 Å². The number of fused-ring (bicyclic) bond motifs is 3. The third-order valence-corrected chi connectivity index (χ3v) is 7.45. The molecule has 0 saturated heterocycles. The van der Waals surface area contributed by atoms with Gasteiger partial charge in [-0.15, -0.1) is 12.4 Å². The predicted molar refractivity (Wildman–Crippen MR) is 135 cm³/mol. The minimum absolute atomic E-state index is 0. The number of benzene rings is 1. The topological polar surface area (TPSA) is 177 Å². The lowest BCUT2D eigenvalue weighted by Crippen LogP contribution is -2.65. The van der Waals surface area contributed by atoms with Crippen molar-refractivity contribution in [2.75, 3.05) is 45.5 Å². The Morgan fingerprint density at radius 1 is 1.17 bits per heavy atom. The van der Waals surface area contributed by atoms with Crippen molar-refractivity contribution in [3.05, 3.63) is 34.1 Å². The molecular formula is C24H31ClN4O7. The van der Waals surface area contributed by atoms with E-state index in [1.807, 2.05) is 19.0 Å². The number of hydrogen-bond donors (Lipinski definition) is 6. The zero-order chi connectivity index (χ0) is 26.1. The van der Waals surface area contributed by atoms with Crippen molar-refractivity contribution in [3.63, 3.8) is 0 Å². The van der Waals surface area contributed by atoms with Gasteiger partial charge in [0.25, 0.3) is 5.91 Å². The first-order chi connectivity index (χ1) is 16.3. The van der Waals surface area contributed by atoms with E-state index >= 15 is 0 Å². The molecule has 0 radical (unpaired) electrons. The lowest BCUT2D eigenvalue weighted by molar-refractivity contribution is -0.153. The lowest BCUT2D eigenvalue weighted by atomic mass is 9.57. The van der Waals surface area contributed by atoms with Gasteiger partial charge in [-0.3, -0.25) is 19.3 Å². The summed E-state index contributed by atoms with van der Waals surface area (Å²) in [6.45, 7) is 0. The van der Waals surface area contributed by atoms with Crippen LogP contribution in [0.5, 0.6) is 5.75 Å². The third kappa shape index (κ3) is 3.45. The van der Waals surface area contributed by atoms with Gasteiger partial charge in [-0.05, 0) is 44.5 Å². The van der Waals surface area contributed by atoms with Crippen molar-refractivity contribution < 1.29 is 34.8 Å².